The topological polar surface area (TPSA) is 63.4 Å². The summed E-state index contributed by atoms with van der Waals surface area (Å²) in [5.74, 6) is 2.01. The Morgan fingerprint density at radius 1 is 1.21 bits per heavy atom. The second-order valence-electron chi connectivity index (χ2n) is 7.78. The maximum absolute atomic E-state index is 8.78. The summed E-state index contributed by atoms with van der Waals surface area (Å²) in [6.45, 7) is 6.17. The molecular formula is C22H27ClN4OS. The Bertz CT molecular complexity index is 887. The van der Waals surface area contributed by atoms with E-state index in [1.54, 1.807) is 11.3 Å². The van der Waals surface area contributed by atoms with Gasteiger partial charge in [-0.3, -0.25) is 10.8 Å². The zero-order valence-electron chi connectivity index (χ0n) is 16.7. The predicted octanol–water partition coefficient (Wildman–Crippen LogP) is 4.66. The van der Waals surface area contributed by atoms with Gasteiger partial charge < -0.3 is 14.5 Å². The zero-order chi connectivity index (χ0) is 20.4. The van der Waals surface area contributed by atoms with Crippen molar-refractivity contribution in [3.8, 4) is 5.75 Å². The molecule has 0 atom stereocenters. The molecule has 0 spiro atoms. The summed E-state index contributed by atoms with van der Waals surface area (Å²) in [6, 6.07) is 10.1. The number of hydrogen-bond acceptors (Lipinski definition) is 5. The molecule has 29 heavy (non-hydrogen) atoms. The van der Waals surface area contributed by atoms with Gasteiger partial charge in [0.05, 0.1) is 6.54 Å². The lowest BCUT2D eigenvalue weighted by Crippen LogP contribution is -2.45. The Morgan fingerprint density at radius 3 is 2.66 bits per heavy atom. The van der Waals surface area contributed by atoms with Crippen molar-refractivity contribution in [2.24, 2.45) is 5.92 Å². The SMILES string of the molecule is Cc1cc2c(s1)C(=N)N(C(=N)C1CCN(CCc3ccc(Cl)cc3)CC1)CCO2. The van der Waals surface area contributed by atoms with E-state index >= 15 is 0 Å². The third-order valence-corrected chi connectivity index (χ3v) is 7.06. The van der Waals surface area contributed by atoms with Crippen LogP contribution in [0.3, 0.4) is 0 Å². The van der Waals surface area contributed by atoms with Crippen LogP contribution >= 0.6 is 22.9 Å². The van der Waals surface area contributed by atoms with E-state index in [9.17, 15) is 0 Å². The van der Waals surface area contributed by atoms with E-state index in [0.717, 1.165) is 59.4 Å². The summed E-state index contributed by atoms with van der Waals surface area (Å²) in [7, 11) is 0. The van der Waals surface area contributed by atoms with Gasteiger partial charge in [0.1, 0.15) is 28.9 Å². The molecule has 3 heterocycles. The first-order chi connectivity index (χ1) is 14.0. The Kier molecular flexibility index (Phi) is 6.23. The molecule has 1 aromatic heterocycles. The number of halogens is 1. The van der Waals surface area contributed by atoms with Gasteiger partial charge in [0.15, 0.2) is 0 Å². The summed E-state index contributed by atoms with van der Waals surface area (Å²) in [5, 5.41) is 18.2. The predicted molar refractivity (Wildman–Crippen MR) is 120 cm³/mol. The molecular weight excluding hydrogens is 404 g/mol. The van der Waals surface area contributed by atoms with Crippen molar-refractivity contribution >= 4 is 34.6 Å². The lowest BCUT2D eigenvalue weighted by molar-refractivity contribution is 0.206. The number of hydrogen-bond donors (Lipinski definition) is 2. The minimum atomic E-state index is 0.213. The van der Waals surface area contributed by atoms with Crippen LogP contribution in [0, 0.1) is 23.7 Å². The van der Waals surface area contributed by atoms with Crippen LogP contribution < -0.4 is 4.74 Å². The highest BCUT2D eigenvalue weighted by Crippen LogP contribution is 2.33. The van der Waals surface area contributed by atoms with Gasteiger partial charge in [-0.1, -0.05) is 23.7 Å². The summed E-state index contributed by atoms with van der Waals surface area (Å²) in [5.41, 5.74) is 1.31. The molecule has 1 saturated heterocycles. The van der Waals surface area contributed by atoms with Crippen LogP contribution in [0.4, 0.5) is 0 Å². The highest BCUT2D eigenvalue weighted by atomic mass is 35.5. The van der Waals surface area contributed by atoms with Crippen LogP contribution in [-0.4, -0.2) is 54.3 Å². The largest absolute Gasteiger partial charge is 0.490 e. The van der Waals surface area contributed by atoms with Crippen molar-refractivity contribution in [3.63, 3.8) is 0 Å². The second-order valence-corrected chi connectivity index (χ2v) is 9.47. The first-order valence-electron chi connectivity index (χ1n) is 10.2. The molecule has 2 aromatic rings. The Hall–Kier alpha value is -1.89. The number of nitrogens with one attached hydrogen (secondary N) is 2. The summed E-state index contributed by atoms with van der Waals surface area (Å²) >= 11 is 7.54. The van der Waals surface area contributed by atoms with Crippen molar-refractivity contribution in [2.45, 2.75) is 26.2 Å². The number of benzene rings is 1. The number of rotatable bonds is 4. The molecule has 7 heteroatoms. The molecule has 2 N–H and O–H groups in total. The van der Waals surface area contributed by atoms with E-state index in [0.29, 0.717) is 24.8 Å². The summed E-state index contributed by atoms with van der Waals surface area (Å²) in [6.07, 6.45) is 2.97. The number of amidine groups is 2. The first kappa shape index (κ1) is 20.4. The zero-order valence-corrected chi connectivity index (χ0v) is 18.3. The van der Waals surface area contributed by atoms with E-state index in [-0.39, 0.29) is 5.92 Å². The third kappa shape index (κ3) is 4.65. The fourth-order valence-corrected chi connectivity index (χ4v) is 5.11. The van der Waals surface area contributed by atoms with Crippen molar-refractivity contribution in [2.75, 3.05) is 32.8 Å². The molecule has 0 radical (unpaired) electrons. The smallest absolute Gasteiger partial charge is 0.147 e. The van der Waals surface area contributed by atoms with Crippen LogP contribution in [0.15, 0.2) is 30.3 Å². The molecule has 0 bridgehead atoms. The lowest BCUT2D eigenvalue weighted by Gasteiger charge is -2.35. The monoisotopic (exact) mass is 430 g/mol. The maximum Gasteiger partial charge on any atom is 0.147 e. The molecule has 2 aliphatic rings. The van der Waals surface area contributed by atoms with Gasteiger partial charge in [-0.05, 0) is 63.0 Å². The molecule has 0 saturated carbocycles. The average Bonchev–Trinajstić information content (AvgIpc) is 3.04. The molecule has 4 rings (SSSR count). The fourth-order valence-electron chi connectivity index (χ4n) is 4.07. The summed E-state index contributed by atoms with van der Waals surface area (Å²) in [4.78, 5) is 6.33. The first-order valence-corrected chi connectivity index (χ1v) is 11.4. The van der Waals surface area contributed by atoms with E-state index in [1.165, 1.54) is 5.56 Å². The fraction of sp³-hybridized carbons (Fsp3) is 0.455. The number of ether oxygens (including phenoxy) is 1. The van der Waals surface area contributed by atoms with Gasteiger partial charge in [0.25, 0.3) is 0 Å². The van der Waals surface area contributed by atoms with Gasteiger partial charge in [0, 0.05) is 22.4 Å². The van der Waals surface area contributed by atoms with E-state index in [1.807, 2.05) is 30.0 Å². The van der Waals surface area contributed by atoms with Crippen molar-refractivity contribution in [3.05, 3.63) is 50.7 Å². The van der Waals surface area contributed by atoms with Crippen LogP contribution in [0.2, 0.25) is 5.02 Å². The number of piperidine rings is 1. The van der Waals surface area contributed by atoms with E-state index in [2.05, 4.69) is 17.0 Å². The Balaban J connectivity index is 1.31. The van der Waals surface area contributed by atoms with Crippen LogP contribution in [0.5, 0.6) is 5.75 Å². The highest BCUT2D eigenvalue weighted by molar-refractivity contribution is 7.14. The lowest BCUT2D eigenvalue weighted by atomic mass is 9.94. The van der Waals surface area contributed by atoms with Gasteiger partial charge in [-0.2, -0.15) is 0 Å². The van der Waals surface area contributed by atoms with E-state index in [4.69, 9.17) is 27.2 Å². The summed E-state index contributed by atoms with van der Waals surface area (Å²) < 4.78 is 5.82. The number of nitrogens with zero attached hydrogens (tertiary/aromatic N) is 2. The van der Waals surface area contributed by atoms with Crippen LogP contribution in [0.25, 0.3) is 0 Å². The van der Waals surface area contributed by atoms with Crippen LogP contribution in [0.1, 0.15) is 28.2 Å². The van der Waals surface area contributed by atoms with Gasteiger partial charge in [-0.25, -0.2) is 0 Å². The molecule has 1 aromatic carbocycles. The number of likely N-dealkylation sites (tertiary alicyclic amines) is 1. The molecule has 0 amide bonds. The van der Waals surface area contributed by atoms with Crippen molar-refractivity contribution < 1.29 is 4.74 Å². The molecule has 0 unspecified atom stereocenters. The van der Waals surface area contributed by atoms with Gasteiger partial charge in [0.2, 0.25) is 0 Å². The average molecular weight is 431 g/mol. The minimum absolute atomic E-state index is 0.213. The molecule has 0 aliphatic carbocycles. The molecule has 1 fully saturated rings. The number of aryl methyl sites for hydroxylation is 1. The number of fused-ring (bicyclic) bond motifs is 1. The maximum atomic E-state index is 8.78. The second kappa shape index (κ2) is 8.86. The van der Waals surface area contributed by atoms with E-state index < -0.39 is 0 Å². The Labute approximate surface area is 181 Å². The Morgan fingerprint density at radius 2 is 1.93 bits per heavy atom. The van der Waals surface area contributed by atoms with Gasteiger partial charge >= 0.3 is 0 Å². The number of thiophene rings is 1. The standard InChI is InChI=1S/C22H27ClN4OS/c1-15-14-19-20(29-15)22(25)27(12-13-28-19)21(24)17-7-10-26(11-8-17)9-6-16-2-4-18(23)5-3-16/h2-5,14,17,24-25H,6-13H2,1H3. The quantitative estimate of drug-likeness (QED) is 0.547. The minimum Gasteiger partial charge on any atom is -0.490 e. The molecule has 2 aliphatic heterocycles. The van der Waals surface area contributed by atoms with Crippen LogP contribution in [-0.2, 0) is 6.42 Å². The van der Waals surface area contributed by atoms with Crippen molar-refractivity contribution in [1.82, 2.24) is 9.80 Å². The molecule has 5 nitrogen and oxygen atoms in total. The van der Waals surface area contributed by atoms with Gasteiger partial charge in [-0.15, -0.1) is 11.3 Å². The van der Waals surface area contributed by atoms with Crippen molar-refractivity contribution in [1.29, 1.82) is 10.8 Å². The normalized spacial score (nSPS) is 18.3. The third-order valence-electron chi connectivity index (χ3n) is 5.77. The molecule has 154 valence electrons. The highest BCUT2D eigenvalue weighted by Gasteiger charge is 2.31.